The Morgan fingerprint density at radius 1 is 0.892 bits per heavy atom. The number of rotatable bonds is 4. The molecule has 0 bridgehead atoms. The third-order valence-corrected chi connectivity index (χ3v) is 6.65. The second kappa shape index (κ2) is 10.9. The van der Waals surface area contributed by atoms with E-state index in [0.29, 0.717) is 13.1 Å². The Kier molecular flexibility index (Phi) is 7.97. The van der Waals surface area contributed by atoms with Crippen molar-refractivity contribution in [2.24, 2.45) is 0 Å². The Bertz CT molecular complexity index is 1090. The summed E-state index contributed by atoms with van der Waals surface area (Å²) in [5.74, 6) is -0.00997. The molecule has 1 amide bonds. The topological polar surface area (TPSA) is 76.9 Å². The van der Waals surface area contributed by atoms with Crippen molar-refractivity contribution in [1.82, 2.24) is 19.6 Å². The fraction of sp³-hybridized carbons (Fsp3) is 0.621. The lowest BCUT2D eigenvalue weighted by Gasteiger charge is -2.33. The van der Waals surface area contributed by atoms with Crippen molar-refractivity contribution >= 4 is 12.2 Å². The molecule has 0 saturated carbocycles. The first-order valence-electron chi connectivity index (χ1n) is 13.5. The van der Waals surface area contributed by atoms with Gasteiger partial charge in [0.05, 0.1) is 5.69 Å². The summed E-state index contributed by atoms with van der Waals surface area (Å²) in [6.45, 7) is 15.6. The summed E-state index contributed by atoms with van der Waals surface area (Å²) in [4.78, 5) is 29.9. The van der Waals surface area contributed by atoms with E-state index in [1.54, 1.807) is 11.1 Å². The Morgan fingerprint density at radius 3 is 2.14 bits per heavy atom. The van der Waals surface area contributed by atoms with Crippen LogP contribution in [0.4, 0.5) is 9.59 Å². The van der Waals surface area contributed by atoms with Gasteiger partial charge in [-0.2, -0.15) is 9.78 Å². The SMILES string of the molecule is CC(C)(C)OC(=O)N1CCCC(c2nn(C(=O)OC(C)(C)C)cc2-c2ccc(CN3CCCC3)cc2)C1. The zero-order chi connectivity index (χ0) is 26.8. The van der Waals surface area contributed by atoms with Gasteiger partial charge in [-0.15, -0.1) is 0 Å². The number of carbonyl (C=O) groups excluding carboxylic acids is 2. The molecule has 0 aliphatic carbocycles. The van der Waals surface area contributed by atoms with Crippen LogP contribution in [0.25, 0.3) is 11.1 Å². The normalized spacial score (nSPS) is 19.2. The monoisotopic (exact) mass is 510 g/mol. The maximum Gasteiger partial charge on any atom is 0.435 e. The summed E-state index contributed by atoms with van der Waals surface area (Å²) in [5.41, 5.74) is 2.81. The highest BCUT2D eigenvalue weighted by Gasteiger charge is 2.32. The predicted octanol–water partition coefficient (Wildman–Crippen LogP) is 6.04. The lowest BCUT2D eigenvalue weighted by atomic mass is 9.90. The minimum atomic E-state index is -0.626. The number of carbonyl (C=O) groups is 2. The molecule has 2 fully saturated rings. The van der Waals surface area contributed by atoms with E-state index < -0.39 is 17.3 Å². The summed E-state index contributed by atoms with van der Waals surface area (Å²) < 4.78 is 12.5. The second-order valence-electron chi connectivity index (χ2n) is 12.3. The molecular weight excluding hydrogens is 468 g/mol. The molecule has 0 spiro atoms. The fourth-order valence-electron chi connectivity index (χ4n) is 4.99. The van der Waals surface area contributed by atoms with Gasteiger partial charge >= 0.3 is 12.2 Å². The highest BCUT2D eigenvalue weighted by Crippen LogP contribution is 2.35. The molecule has 0 radical (unpaired) electrons. The number of amides is 1. The van der Waals surface area contributed by atoms with Crippen molar-refractivity contribution in [2.75, 3.05) is 26.2 Å². The van der Waals surface area contributed by atoms with Crippen LogP contribution in [0.2, 0.25) is 0 Å². The van der Waals surface area contributed by atoms with Gasteiger partial charge in [-0.05, 0) is 91.4 Å². The molecule has 37 heavy (non-hydrogen) atoms. The molecule has 0 N–H and O–H groups in total. The third kappa shape index (κ3) is 7.34. The van der Waals surface area contributed by atoms with Crippen molar-refractivity contribution in [3.05, 3.63) is 41.7 Å². The van der Waals surface area contributed by atoms with Gasteiger partial charge in [-0.25, -0.2) is 9.59 Å². The van der Waals surface area contributed by atoms with E-state index in [0.717, 1.165) is 49.3 Å². The van der Waals surface area contributed by atoms with Crippen LogP contribution in [0.3, 0.4) is 0 Å². The first kappa shape index (κ1) is 27.2. The Labute approximate surface area is 220 Å². The van der Waals surface area contributed by atoms with Crippen LogP contribution in [-0.2, 0) is 16.0 Å². The van der Waals surface area contributed by atoms with Crippen LogP contribution >= 0.6 is 0 Å². The van der Waals surface area contributed by atoms with Crippen LogP contribution in [0, 0.1) is 0 Å². The van der Waals surface area contributed by atoms with E-state index in [1.165, 1.54) is 23.1 Å². The van der Waals surface area contributed by atoms with Gasteiger partial charge in [0, 0.05) is 37.3 Å². The maximum atomic E-state index is 12.9. The van der Waals surface area contributed by atoms with Gasteiger partial charge in [0.2, 0.25) is 0 Å². The van der Waals surface area contributed by atoms with Gasteiger partial charge < -0.3 is 14.4 Å². The lowest BCUT2D eigenvalue weighted by molar-refractivity contribution is 0.0196. The molecule has 3 heterocycles. The summed E-state index contributed by atoms with van der Waals surface area (Å²) >= 11 is 0. The molecule has 2 aromatic rings. The van der Waals surface area contributed by atoms with Crippen LogP contribution in [0.5, 0.6) is 0 Å². The molecule has 2 aliphatic heterocycles. The second-order valence-corrected chi connectivity index (χ2v) is 12.3. The number of aromatic nitrogens is 2. The number of nitrogens with zero attached hydrogens (tertiary/aromatic N) is 4. The van der Waals surface area contributed by atoms with E-state index in [9.17, 15) is 9.59 Å². The lowest BCUT2D eigenvalue weighted by Crippen LogP contribution is -2.42. The number of ether oxygens (including phenoxy) is 2. The number of likely N-dealkylation sites (tertiary alicyclic amines) is 2. The zero-order valence-electron chi connectivity index (χ0n) is 23.2. The van der Waals surface area contributed by atoms with Crippen LogP contribution in [-0.4, -0.2) is 69.1 Å². The fourth-order valence-corrected chi connectivity index (χ4v) is 4.99. The zero-order valence-corrected chi connectivity index (χ0v) is 23.2. The Balaban J connectivity index is 1.61. The van der Waals surface area contributed by atoms with Crippen LogP contribution in [0.1, 0.15) is 84.4 Å². The first-order chi connectivity index (χ1) is 17.4. The minimum Gasteiger partial charge on any atom is -0.444 e. The number of benzene rings is 1. The van der Waals surface area contributed by atoms with Crippen molar-refractivity contribution in [3.8, 4) is 11.1 Å². The Morgan fingerprint density at radius 2 is 1.51 bits per heavy atom. The van der Waals surface area contributed by atoms with E-state index in [2.05, 4.69) is 29.2 Å². The van der Waals surface area contributed by atoms with Gasteiger partial charge in [-0.3, -0.25) is 4.90 Å². The van der Waals surface area contributed by atoms with Crippen molar-refractivity contribution in [3.63, 3.8) is 0 Å². The molecule has 2 aliphatic rings. The number of hydrogen-bond acceptors (Lipinski definition) is 6. The maximum absolute atomic E-state index is 12.9. The molecular formula is C29H42N4O4. The third-order valence-electron chi connectivity index (χ3n) is 6.65. The highest BCUT2D eigenvalue weighted by atomic mass is 16.6. The first-order valence-corrected chi connectivity index (χ1v) is 13.5. The van der Waals surface area contributed by atoms with Crippen LogP contribution in [0.15, 0.2) is 30.5 Å². The summed E-state index contributed by atoms with van der Waals surface area (Å²) in [7, 11) is 0. The van der Waals surface area contributed by atoms with Gasteiger partial charge in [0.25, 0.3) is 0 Å². The predicted molar refractivity (Wildman–Crippen MR) is 144 cm³/mol. The summed E-state index contributed by atoms with van der Waals surface area (Å²) in [5, 5.41) is 4.72. The largest absolute Gasteiger partial charge is 0.444 e. The van der Waals surface area contributed by atoms with Gasteiger partial charge in [-0.1, -0.05) is 24.3 Å². The quantitative estimate of drug-likeness (QED) is 0.499. The molecule has 202 valence electrons. The average Bonchev–Trinajstić information content (AvgIpc) is 3.48. The van der Waals surface area contributed by atoms with Gasteiger partial charge in [0.15, 0.2) is 0 Å². The Hall–Kier alpha value is -2.87. The molecule has 8 heteroatoms. The minimum absolute atomic E-state index is 0.00997. The van der Waals surface area contributed by atoms with Crippen LogP contribution < -0.4 is 0 Å². The van der Waals surface area contributed by atoms with E-state index >= 15 is 0 Å². The molecule has 4 rings (SSSR count). The molecule has 1 unspecified atom stereocenters. The van der Waals surface area contributed by atoms with E-state index in [-0.39, 0.29) is 12.0 Å². The van der Waals surface area contributed by atoms with E-state index in [4.69, 9.17) is 14.6 Å². The van der Waals surface area contributed by atoms with E-state index in [1.807, 2.05) is 41.5 Å². The summed E-state index contributed by atoms with van der Waals surface area (Å²) in [6.07, 6.45) is 5.22. The molecule has 1 aromatic heterocycles. The van der Waals surface area contributed by atoms with Gasteiger partial charge in [0.1, 0.15) is 11.2 Å². The average molecular weight is 511 g/mol. The van der Waals surface area contributed by atoms with Crippen molar-refractivity contribution < 1.29 is 19.1 Å². The highest BCUT2D eigenvalue weighted by molar-refractivity contribution is 5.75. The van der Waals surface area contributed by atoms with Crippen molar-refractivity contribution in [1.29, 1.82) is 0 Å². The molecule has 1 atom stereocenters. The number of piperidine rings is 1. The molecule has 1 aromatic carbocycles. The number of hydrogen-bond donors (Lipinski definition) is 0. The standard InChI is InChI=1S/C29H42N4O4/c1-28(2,3)36-26(34)32-17-9-10-23(19-32)25-24(20-33(30-25)27(35)37-29(4,5)6)22-13-11-21(12-14-22)18-31-15-7-8-16-31/h11-14,20,23H,7-10,15-19H2,1-6H3. The summed E-state index contributed by atoms with van der Waals surface area (Å²) in [6, 6.07) is 8.55. The molecule has 8 nitrogen and oxygen atoms in total. The smallest absolute Gasteiger partial charge is 0.435 e. The van der Waals surface area contributed by atoms with Crippen molar-refractivity contribution in [2.45, 2.75) is 90.9 Å². The molecule has 2 saturated heterocycles.